The summed E-state index contributed by atoms with van der Waals surface area (Å²) in [6, 6.07) is 2.36. The summed E-state index contributed by atoms with van der Waals surface area (Å²) in [6.07, 6.45) is 10.5. The lowest BCUT2D eigenvalue weighted by atomic mass is 9.85. The number of imide groups is 1. The average molecular weight is 284 g/mol. The molecule has 0 spiro atoms. The van der Waals surface area contributed by atoms with Crippen LogP contribution in [0.25, 0.3) is 0 Å². The summed E-state index contributed by atoms with van der Waals surface area (Å²) in [5, 5.41) is 9.76. The maximum absolute atomic E-state index is 12.9. The van der Waals surface area contributed by atoms with Gasteiger partial charge in [0.2, 0.25) is 11.8 Å². The predicted molar refractivity (Wildman–Crippen MR) is 75.6 cm³/mol. The first-order chi connectivity index (χ1) is 10.2. The van der Waals surface area contributed by atoms with Crippen molar-refractivity contribution in [2.24, 2.45) is 23.7 Å². The second-order valence-corrected chi connectivity index (χ2v) is 7.07. The standard InChI is InChI=1S/C17H20N2O2/c18-10-17(7-3-1-2-4-8-17)19-15(20)13-11-5-6-12(9-11)14(13)16(19)21/h5-6,11-14H,1-4,7-9H2. The van der Waals surface area contributed by atoms with Crippen LogP contribution in [0, 0.1) is 35.0 Å². The van der Waals surface area contributed by atoms with E-state index in [1.807, 2.05) is 0 Å². The third-order valence-corrected chi connectivity index (χ3v) is 6.04. The molecule has 0 N–H and O–H groups in total. The minimum atomic E-state index is -0.867. The Morgan fingerprint density at radius 1 is 1.00 bits per heavy atom. The van der Waals surface area contributed by atoms with Crippen LogP contribution in [0.15, 0.2) is 12.2 Å². The van der Waals surface area contributed by atoms with Crippen molar-refractivity contribution in [2.75, 3.05) is 0 Å². The number of carbonyl (C=O) groups is 2. The molecule has 4 aliphatic rings. The van der Waals surface area contributed by atoms with E-state index in [1.54, 1.807) is 0 Å². The molecule has 4 nitrogen and oxygen atoms in total. The Hall–Kier alpha value is -1.63. The van der Waals surface area contributed by atoms with Crippen LogP contribution < -0.4 is 0 Å². The maximum Gasteiger partial charge on any atom is 0.235 e. The first-order valence-corrected chi connectivity index (χ1v) is 8.15. The van der Waals surface area contributed by atoms with Crippen molar-refractivity contribution in [1.82, 2.24) is 4.90 Å². The Labute approximate surface area is 124 Å². The van der Waals surface area contributed by atoms with Gasteiger partial charge in [0.15, 0.2) is 0 Å². The lowest BCUT2D eigenvalue weighted by Gasteiger charge is -2.34. The summed E-state index contributed by atoms with van der Waals surface area (Å²) in [5.74, 6) is -0.0384. The van der Waals surface area contributed by atoms with Crippen molar-refractivity contribution in [3.63, 3.8) is 0 Å². The lowest BCUT2D eigenvalue weighted by Crippen LogP contribution is -2.51. The van der Waals surface area contributed by atoms with E-state index in [9.17, 15) is 14.9 Å². The number of amides is 2. The topological polar surface area (TPSA) is 61.2 Å². The molecule has 2 bridgehead atoms. The highest BCUT2D eigenvalue weighted by Crippen LogP contribution is 2.54. The van der Waals surface area contributed by atoms with E-state index >= 15 is 0 Å². The smallest absolute Gasteiger partial charge is 0.235 e. The Bertz CT molecular complexity index is 536. The van der Waals surface area contributed by atoms with Crippen LogP contribution in [0.1, 0.15) is 44.9 Å². The van der Waals surface area contributed by atoms with Gasteiger partial charge in [-0.3, -0.25) is 14.5 Å². The van der Waals surface area contributed by atoms with Gasteiger partial charge in [-0.15, -0.1) is 0 Å². The number of hydrogen-bond acceptors (Lipinski definition) is 3. The molecule has 0 aromatic carbocycles. The summed E-state index contributed by atoms with van der Waals surface area (Å²) >= 11 is 0. The minimum absolute atomic E-state index is 0.0645. The number of carbonyl (C=O) groups excluding carboxylic acids is 2. The largest absolute Gasteiger partial charge is 0.274 e. The van der Waals surface area contributed by atoms with Crippen LogP contribution in [0.2, 0.25) is 0 Å². The zero-order chi connectivity index (χ0) is 14.6. The highest BCUT2D eigenvalue weighted by Gasteiger charge is 2.63. The van der Waals surface area contributed by atoms with Gasteiger partial charge in [0.05, 0.1) is 17.9 Å². The van der Waals surface area contributed by atoms with Crippen molar-refractivity contribution in [3.8, 4) is 6.07 Å². The van der Waals surface area contributed by atoms with Gasteiger partial charge in [0.1, 0.15) is 5.54 Å². The van der Waals surface area contributed by atoms with E-state index in [-0.39, 0.29) is 35.5 Å². The second kappa shape index (κ2) is 4.43. The zero-order valence-electron chi connectivity index (χ0n) is 12.1. The number of rotatable bonds is 1. The van der Waals surface area contributed by atoms with Gasteiger partial charge in [0.25, 0.3) is 0 Å². The molecule has 0 aromatic rings. The average Bonchev–Trinajstić information content (AvgIpc) is 3.10. The Morgan fingerprint density at radius 3 is 2.00 bits per heavy atom. The minimum Gasteiger partial charge on any atom is -0.274 e. The molecule has 1 heterocycles. The Kier molecular flexibility index (Phi) is 2.76. The third-order valence-electron chi connectivity index (χ3n) is 6.04. The van der Waals surface area contributed by atoms with Gasteiger partial charge in [-0.25, -0.2) is 0 Å². The van der Waals surface area contributed by atoms with E-state index in [1.165, 1.54) is 4.90 Å². The highest BCUT2D eigenvalue weighted by atomic mass is 16.2. The molecule has 110 valence electrons. The van der Waals surface area contributed by atoms with Gasteiger partial charge in [-0.2, -0.15) is 5.26 Å². The summed E-state index contributed by atoms with van der Waals surface area (Å²) in [5.41, 5.74) is -0.867. The zero-order valence-corrected chi connectivity index (χ0v) is 12.1. The van der Waals surface area contributed by atoms with Crippen molar-refractivity contribution in [3.05, 3.63) is 12.2 Å². The first-order valence-electron chi connectivity index (χ1n) is 8.15. The first kappa shape index (κ1) is 13.1. The lowest BCUT2D eigenvalue weighted by molar-refractivity contribution is -0.146. The fourth-order valence-electron chi connectivity index (χ4n) is 5.02. The number of fused-ring (bicyclic) bond motifs is 5. The molecule has 4 rings (SSSR count). The molecular weight excluding hydrogens is 264 g/mol. The summed E-state index contributed by atoms with van der Waals surface area (Å²) in [6.45, 7) is 0. The van der Waals surface area contributed by atoms with Gasteiger partial charge in [0, 0.05) is 0 Å². The molecule has 21 heavy (non-hydrogen) atoms. The van der Waals surface area contributed by atoms with E-state index in [0.29, 0.717) is 12.8 Å². The number of likely N-dealkylation sites (tertiary alicyclic amines) is 1. The van der Waals surface area contributed by atoms with Crippen LogP contribution in [0.3, 0.4) is 0 Å². The van der Waals surface area contributed by atoms with Crippen LogP contribution in [0.5, 0.6) is 0 Å². The quantitative estimate of drug-likeness (QED) is 0.422. The molecule has 4 atom stereocenters. The Morgan fingerprint density at radius 2 is 1.52 bits per heavy atom. The molecule has 0 aromatic heterocycles. The third kappa shape index (κ3) is 1.61. The van der Waals surface area contributed by atoms with Gasteiger partial charge in [-0.05, 0) is 31.1 Å². The van der Waals surface area contributed by atoms with Crippen LogP contribution >= 0.6 is 0 Å². The molecule has 3 aliphatic carbocycles. The fraction of sp³-hybridized carbons (Fsp3) is 0.706. The number of nitriles is 1. The monoisotopic (exact) mass is 284 g/mol. The second-order valence-electron chi connectivity index (χ2n) is 7.07. The molecule has 0 radical (unpaired) electrons. The fourth-order valence-corrected chi connectivity index (χ4v) is 5.02. The normalized spacial score (nSPS) is 40.2. The molecule has 1 saturated heterocycles. The molecule has 4 heteroatoms. The number of allylic oxidation sites excluding steroid dienone is 2. The molecule has 3 fully saturated rings. The van der Waals surface area contributed by atoms with Crippen LogP contribution in [0.4, 0.5) is 0 Å². The van der Waals surface area contributed by atoms with E-state index < -0.39 is 5.54 Å². The molecular formula is C17H20N2O2. The molecule has 2 saturated carbocycles. The summed E-state index contributed by atoms with van der Waals surface area (Å²) in [7, 11) is 0. The van der Waals surface area contributed by atoms with Gasteiger partial charge >= 0.3 is 0 Å². The van der Waals surface area contributed by atoms with Gasteiger partial charge in [-0.1, -0.05) is 37.8 Å². The Balaban J connectivity index is 1.71. The van der Waals surface area contributed by atoms with Crippen molar-refractivity contribution >= 4 is 11.8 Å². The predicted octanol–water partition coefficient (Wildman–Crippen LogP) is 2.41. The number of hydrogen-bond donors (Lipinski definition) is 0. The van der Waals surface area contributed by atoms with Crippen molar-refractivity contribution in [1.29, 1.82) is 5.26 Å². The van der Waals surface area contributed by atoms with Crippen LogP contribution in [-0.4, -0.2) is 22.3 Å². The summed E-state index contributed by atoms with van der Waals surface area (Å²) in [4.78, 5) is 27.2. The van der Waals surface area contributed by atoms with Crippen molar-refractivity contribution < 1.29 is 9.59 Å². The van der Waals surface area contributed by atoms with E-state index in [4.69, 9.17) is 0 Å². The van der Waals surface area contributed by atoms with Crippen molar-refractivity contribution in [2.45, 2.75) is 50.5 Å². The SMILES string of the molecule is N#CC1(N2C(=O)C3C4C=CC(C4)C3C2=O)CCCCCC1. The van der Waals surface area contributed by atoms with E-state index in [2.05, 4.69) is 18.2 Å². The molecule has 4 unspecified atom stereocenters. The molecule has 2 amide bonds. The van der Waals surface area contributed by atoms with Crippen LogP contribution in [-0.2, 0) is 9.59 Å². The van der Waals surface area contributed by atoms with Gasteiger partial charge < -0.3 is 0 Å². The molecule has 1 aliphatic heterocycles. The maximum atomic E-state index is 12.9. The van der Waals surface area contributed by atoms with E-state index in [0.717, 1.165) is 32.1 Å². The highest BCUT2D eigenvalue weighted by molar-refractivity contribution is 6.07. The number of nitrogens with zero attached hydrogens (tertiary/aromatic N) is 2. The summed E-state index contributed by atoms with van der Waals surface area (Å²) < 4.78 is 0.